The van der Waals surface area contributed by atoms with Gasteiger partial charge in [0.05, 0.1) is 32.5 Å². The van der Waals surface area contributed by atoms with Crippen molar-refractivity contribution in [2.24, 2.45) is 0 Å². The topological polar surface area (TPSA) is 68.3 Å². The Morgan fingerprint density at radius 3 is 2.30 bits per heavy atom. The molecule has 0 radical (unpaired) electrons. The Hall–Kier alpha value is -4.20. The molecule has 4 aromatic carbocycles. The van der Waals surface area contributed by atoms with Gasteiger partial charge < -0.3 is 19.1 Å². The lowest BCUT2D eigenvalue weighted by atomic mass is 10.0. The van der Waals surface area contributed by atoms with Gasteiger partial charge in [0.1, 0.15) is 5.75 Å². The monoisotopic (exact) mass is 538 g/mol. The first-order chi connectivity index (χ1) is 19.6. The van der Waals surface area contributed by atoms with Crippen LogP contribution in [0.25, 0.3) is 10.8 Å². The van der Waals surface area contributed by atoms with Crippen molar-refractivity contribution in [1.82, 2.24) is 9.80 Å². The van der Waals surface area contributed by atoms with E-state index in [1.165, 1.54) is 7.11 Å². The van der Waals surface area contributed by atoms with Crippen LogP contribution in [0.5, 0.6) is 5.75 Å². The Kier molecular flexibility index (Phi) is 8.74. The summed E-state index contributed by atoms with van der Waals surface area (Å²) in [4.78, 5) is 29.5. The largest absolute Gasteiger partial charge is 0.497 e. The number of ether oxygens (including phenoxy) is 3. The van der Waals surface area contributed by atoms with E-state index in [4.69, 9.17) is 14.2 Å². The first kappa shape index (κ1) is 27.4. The number of nitrogens with zero attached hydrogens (tertiary/aromatic N) is 2. The molecule has 1 aliphatic rings. The van der Waals surface area contributed by atoms with Crippen molar-refractivity contribution in [3.8, 4) is 5.75 Å². The summed E-state index contributed by atoms with van der Waals surface area (Å²) in [5, 5.41) is 2.06. The molecule has 0 N–H and O–H groups in total. The predicted octanol–water partition coefficient (Wildman–Crippen LogP) is 5.35. The summed E-state index contributed by atoms with van der Waals surface area (Å²) in [6, 6.07) is 29.1. The molecule has 0 aromatic heterocycles. The van der Waals surface area contributed by atoms with Gasteiger partial charge in [-0.3, -0.25) is 9.69 Å². The molecule has 40 heavy (non-hydrogen) atoms. The highest BCUT2D eigenvalue weighted by molar-refractivity contribution is 6.07. The van der Waals surface area contributed by atoms with Crippen LogP contribution in [-0.2, 0) is 16.1 Å². The van der Waals surface area contributed by atoms with E-state index in [0.29, 0.717) is 31.8 Å². The van der Waals surface area contributed by atoms with Crippen molar-refractivity contribution in [2.75, 3.05) is 46.9 Å². The molecule has 1 saturated heterocycles. The van der Waals surface area contributed by atoms with Crippen molar-refractivity contribution in [3.05, 3.63) is 113 Å². The van der Waals surface area contributed by atoms with Gasteiger partial charge in [-0.15, -0.1) is 0 Å². The highest BCUT2D eigenvalue weighted by Crippen LogP contribution is 2.26. The van der Waals surface area contributed by atoms with Gasteiger partial charge in [0, 0.05) is 38.3 Å². The van der Waals surface area contributed by atoms with E-state index < -0.39 is 0 Å². The second kappa shape index (κ2) is 12.8. The average molecular weight is 539 g/mol. The molecule has 1 atom stereocenters. The summed E-state index contributed by atoms with van der Waals surface area (Å²) in [6.45, 7) is 3.90. The number of carbonyl (C=O) groups excluding carboxylic acids is 2. The maximum absolute atomic E-state index is 13.4. The Bertz CT molecular complexity index is 1460. The molecule has 1 fully saturated rings. The van der Waals surface area contributed by atoms with E-state index in [1.807, 2.05) is 83.8 Å². The molecule has 1 amide bonds. The van der Waals surface area contributed by atoms with Gasteiger partial charge in [0.25, 0.3) is 5.91 Å². The van der Waals surface area contributed by atoms with Crippen LogP contribution in [0, 0.1) is 0 Å². The molecule has 0 bridgehead atoms. The predicted molar refractivity (Wildman–Crippen MR) is 155 cm³/mol. The molecule has 5 rings (SSSR count). The van der Waals surface area contributed by atoms with Crippen molar-refractivity contribution < 1.29 is 23.8 Å². The van der Waals surface area contributed by atoms with Gasteiger partial charge in [-0.2, -0.15) is 0 Å². The molecule has 0 unspecified atom stereocenters. The number of esters is 1. The highest BCUT2D eigenvalue weighted by Gasteiger charge is 2.26. The molecule has 206 valence electrons. The van der Waals surface area contributed by atoms with Gasteiger partial charge >= 0.3 is 5.97 Å². The number of fused-ring (bicyclic) bond motifs is 1. The van der Waals surface area contributed by atoms with Gasteiger partial charge in [0.15, 0.2) is 0 Å². The number of amides is 1. The van der Waals surface area contributed by atoms with Crippen molar-refractivity contribution >= 4 is 22.6 Å². The Balaban J connectivity index is 1.25. The molecule has 1 aliphatic heterocycles. The summed E-state index contributed by atoms with van der Waals surface area (Å²) >= 11 is 0. The Labute approximate surface area is 234 Å². The quantitative estimate of drug-likeness (QED) is 0.268. The highest BCUT2D eigenvalue weighted by atomic mass is 16.5. The molecular weight excluding hydrogens is 504 g/mol. The van der Waals surface area contributed by atoms with Gasteiger partial charge in [-0.05, 0) is 52.2 Å². The van der Waals surface area contributed by atoms with Crippen LogP contribution in [0.15, 0.2) is 91.0 Å². The van der Waals surface area contributed by atoms with E-state index in [-0.39, 0.29) is 18.0 Å². The number of hydrogen-bond donors (Lipinski definition) is 0. The number of piperazine rings is 1. The minimum atomic E-state index is -0.361. The number of rotatable bonds is 9. The van der Waals surface area contributed by atoms with Crippen LogP contribution in [0.3, 0.4) is 0 Å². The van der Waals surface area contributed by atoms with E-state index in [1.54, 1.807) is 19.2 Å². The molecule has 0 saturated carbocycles. The number of benzene rings is 4. The lowest BCUT2D eigenvalue weighted by Gasteiger charge is -2.36. The van der Waals surface area contributed by atoms with Crippen LogP contribution < -0.4 is 4.74 Å². The van der Waals surface area contributed by atoms with E-state index in [0.717, 1.165) is 46.3 Å². The summed E-state index contributed by atoms with van der Waals surface area (Å²) in [7, 11) is 3.03. The zero-order valence-electron chi connectivity index (χ0n) is 22.9. The van der Waals surface area contributed by atoms with Crippen LogP contribution in [-0.4, -0.2) is 68.6 Å². The van der Waals surface area contributed by atoms with Gasteiger partial charge in [-0.1, -0.05) is 60.7 Å². The fraction of sp³-hybridized carbons (Fsp3) is 0.273. The molecule has 7 nitrogen and oxygen atoms in total. The summed E-state index contributed by atoms with van der Waals surface area (Å²) in [5.74, 6) is 0.492. The summed E-state index contributed by atoms with van der Waals surface area (Å²) < 4.78 is 16.7. The molecule has 0 spiro atoms. The maximum atomic E-state index is 13.4. The van der Waals surface area contributed by atoms with E-state index >= 15 is 0 Å². The van der Waals surface area contributed by atoms with Crippen molar-refractivity contribution in [3.63, 3.8) is 0 Å². The average Bonchev–Trinajstić information content (AvgIpc) is 3.02. The molecule has 0 aliphatic carbocycles. The second-order valence-electron chi connectivity index (χ2n) is 9.88. The number of hydrogen-bond acceptors (Lipinski definition) is 6. The smallest absolute Gasteiger partial charge is 0.337 e. The van der Waals surface area contributed by atoms with Crippen LogP contribution in [0.2, 0.25) is 0 Å². The Morgan fingerprint density at radius 2 is 1.55 bits per heavy atom. The lowest BCUT2D eigenvalue weighted by molar-refractivity contribution is 0.00333. The SMILES string of the molecule is COC(=O)c1ccc(CO[C@H](CN2CCN(C(=O)c3cccc4ccccc34)CC2)c2cccc(OC)c2)cc1. The number of methoxy groups -OCH3 is 2. The fourth-order valence-electron chi connectivity index (χ4n) is 5.10. The second-order valence-corrected chi connectivity index (χ2v) is 9.88. The normalized spacial score (nSPS) is 14.6. The fourth-order valence-corrected chi connectivity index (χ4v) is 5.10. The third-order valence-corrected chi connectivity index (χ3v) is 7.40. The Morgan fingerprint density at radius 1 is 0.825 bits per heavy atom. The molecule has 1 heterocycles. The zero-order chi connectivity index (χ0) is 27.9. The first-order valence-electron chi connectivity index (χ1n) is 13.5. The van der Waals surface area contributed by atoms with Crippen LogP contribution in [0.4, 0.5) is 0 Å². The summed E-state index contributed by atoms with van der Waals surface area (Å²) in [5.41, 5.74) is 3.25. The minimum Gasteiger partial charge on any atom is -0.497 e. The zero-order valence-corrected chi connectivity index (χ0v) is 22.9. The third kappa shape index (κ3) is 6.33. The lowest BCUT2D eigenvalue weighted by Crippen LogP contribution is -2.49. The van der Waals surface area contributed by atoms with Crippen molar-refractivity contribution in [1.29, 1.82) is 0 Å². The minimum absolute atomic E-state index is 0.0763. The van der Waals surface area contributed by atoms with Gasteiger partial charge in [-0.25, -0.2) is 4.79 Å². The third-order valence-electron chi connectivity index (χ3n) is 7.40. The number of carbonyl (C=O) groups is 2. The molecule has 7 heteroatoms. The summed E-state index contributed by atoms with van der Waals surface area (Å²) in [6.07, 6.45) is -0.198. The van der Waals surface area contributed by atoms with E-state index in [2.05, 4.69) is 4.90 Å². The van der Waals surface area contributed by atoms with Crippen molar-refractivity contribution in [2.45, 2.75) is 12.7 Å². The van der Waals surface area contributed by atoms with E-state index in [9.17, 15) is 9.59 Å². The van der Waals surface area contributed by atoms with Gasteiger partial charge in [0.2, 0.25) is 0 Å². The van der Waals surface area contributed by atoms with Crippen LogP contribution in [0.1, 0.15) is 37.9 Å². The van der Waals surface area contributed by atoms with Crippen LogP contribution >= 0.6 is 0 Å². The molecule has 4 aromatic rings. The molecular formula is C33H34N2O5. The first-order valence-corrected chi connectivity index (χ1v) is 13.5. The standard InChI is InChI=1S/C33H34N2O5/c1-38-28-10-5-9-27(21-28)31(40-23-24-13-15-26(16-14-24)33(37)39-2)22-34-17-19-35(20-18-34)32(36)30-12-6-8-25-7-3-4-11-29(25)30/h3-16,21,31H,17-20,22-23H2,1-2H3/t31-/m1/s1. The maximum Gasteiger partial charge on any atom is 0.337 e.